The first-order chi connectivity index (χ1) is 12.6. The standard InChI is InChI=1S/C18H24N6O2/c1-22-17(14-6-2-3-7-15(14)21-22)18(26)20-13-10-19-24(11-13)12-16(25)23-8-4-5-9-23/h10-11H,2-9,12H2,1H3,(H,20,26). The Kier molecular flexibility index (Phi) is 4.48. The number of nitrogens with zero attached hydrogens (tertiary/aromatic N) is 5. The van der Waals surface area contributed by atoms with Gasteiger partial charge in [-0.05, 0) is 38.5 Å². The first-order valence-electron chi connectivity index (χ1n) is 9.28. The van der Waals surface area contributed by atoms with Gasteiger partial charge in [0.2, 0.25) is 5.91 Å². The van der Waals surface area contributed by atoms with Crippen molar-refractivity contribution in [3.05, 3.63) is 29.3 Å². The summed E-state index contributed by atoms with van der Waals surface area (Å²) in [6, 6.07) is 0. The van der Waals surface area contributed by atoms with Crippen LogP contribution in [0.15, 0.2) is 12.4 Å². The van der Waals surface area contributed by atoms with Crippen molar-refractivity contribution in [2.24, 2.45) is 7.05 Å². The second kappa shape index (κ2) is 6.93. The van der Waals surface area contributed by atoms with E-state index >= 15 is 0 Å². The van der Waals surface area contributed by atoms with Crippen LogP contribution in [0.25, 0.3) is 0 Å². The van der Waals surface area contributed by atoms with Crippen LogP contribution >= 0.6 is 0 Å². The lowest BCUT2D eigenvalue weighted by Crippen LogP contribution is -2.31. The third-order valence-electron chi connectivity index (χ3n) is 5.18. The van der Waals surface area contributed by atoms with Crippen molar-refractivity contribution in [1.29, 1.82) is 0 Å². The average Bonchev–Trinajstić information content (AvgIpc) is 3.33. The van der Waals surface area contributed by atoms with Gasteiger partial charge in [0.25, 0.3) is 5.91 Å². The van der Waals surface area contributed by atoms with Gasteiger partial charge in [-0.2, -0.15) is 10.2 Å². The minimum absolute atomic E-state index is 0.0733. The molecule has 3 heterocycles. The maximum absolute atomic E-state index is 12.7. The van der Waals surface area contributed by atoms with Crippen molar-refractivity contribution >= 4 is 17.5 Å². The normalized spacial score (nSPS) is 16.6. The van der Waals surface area contributed by atoms with Crippen molar-refractivity contribution in [1.82, 2.24) is 24.5 Å². The molecule has 0 bridgehead atoms. The lowest BCUT2D eigenvalue weighted by molar-refractivity contribution is -0.130. The Labute approximate surface area is 152 Å². The molecule has 2 aromatic heterocycles. The lowest BCUT2D eigenvalue weighted by atomic mass is 9.95. The molecule has 8 heteroatoms. The molecule has 8 nitrogen and oxygen atoms in total. The van der Waals surface area contributed by atoms with Crippen molar-refractivity contribution in [3.63, 3.8) is 0 Å². The third kappa shape index (κ3) is 3.23. The molecule has 2 aromatic rings. The summed E-state index contributed by atoms with van der Waals surface area (Å²) in [5.74, 6) is -0.0993. The highest BCUT2D eigenvalue weighted by Gasteiger charge is 2.24. The van der Waals surface area contributed by atoms with Gasteiger partial charge in [0.15, 0.2) is 0 Å². The number of hydrogen-bond donors (Lipinski definition) is 1. The number of likely N-dealkylation sites (tertiary alicyclic amines) is 1. The largest absolute Gasteiger partial charge is 0.341 e. The molecule has 4 rings (SSSR count). The van der Waals surface area contributed by atoms with Crippen molar-refractivity contribution < 1.29 is 9.59 Å². The average molecular weight is 356 g/mol. The summed E-state index contributed by atoms with van der Waals surface area (Å²) in [6.07, 6.45) is 9.48. The summed E-state index contributed by atoms with van der Waals surface area (Å²) in [5.41, 5.74) is 3.32. The Balaban J connectivity index is 1.43. The maximum atomic E-state index is 12.7. The van der Waals surface area contributed by atoms with Gasteiger partial charge in [0.1, 0.15) is 12.2 Å². The molecule has 0 radical (unpaired) electrons. The van der Waals surface area contributed by atoms with Crippen LogP contribution in [-0.4, -0.2) is 49.4 Å². The zero-order chi connectivity index (χ0) is 18.1. The molecule has 1 aliphatic carbocycles. The molecule has 0 saturated carbocycles. The number of hydrogen-bond acceptors (Lipinski definition) is 4. The highest BCUT2D eigenvalue weighted by atomic mass is 16.2. The predicted molar refractivity (Wildman–Crippen MR) is 95.8 cm³/mol. The van der Waals surface area contributed by atoms with Crippen LogP contribution in [0.2, 0.25) is 0 Å². The summed E-state index contributed by atoms with van der Waals surface area (Å²) < 4.78 is 3.25. The molecule has 1 N–H and O–H groups in total. The first-order valence-corrected chi connectivity index (χ1v) is 9.28. The molecule has 2 amide bonds. The molecule has 26 heavy (non-hydrogen) atoms. The van der Waals surface area contributed by atoms with Gasteiger partial charge < -0.3 is 10.2 Å². The molecule has 0 aromatic carbocycles. The van der Waals surface area contributed by atoms with E-state index in [4.69, 9.17) is 0 Å². The third-order valence-corrected chi connectivity index (χ3v) is 5.18. The van der Waals surface area contributed by atoms with Gasteiger partial charge >= 0.3 is 0 Å². The Bertz CT molecular complexity index is 831. The Morgan fingerprint density at radius 3 is 2.73 bits per heavy atom. The second-order valence-corrected chi connectivity index (χ2v) is 7.07. The van der Waals surface area contributed by atoms with Crippen molar-refractivity contribution in [2.75, 3.05) is 18.4 Å². The van der Waals surface area contributed by atoms with E-state index in [1.807, 2.05) is 11.9 Å². The minimum atomic E-state index is -0.173. The quantitative estimate of drug-likeness (QED) is 0.897. The Morgan fingerprint density at radius 1 is 1.15 bits per heavy atom. The van der Waals surface area contributed by atoms with E-state index in [1.54, 1.807) is 21.8 Å². The van der Waals surface area contributed by atoms with Crippen LogP contribution in [0.4, 0.5) is 5.69 Å². The van der Waals surface area contributed by atoms with E-state index in [0.29, 0.717) is 11.4 Å². The number of anilines is 1. The number of aryl methyl sites for hydroxylation is 2. The van der Waals surface area contributed by atoms with Gasteiger partial charge in [-0.1, -0.05) is 0 Å². The van der Waals surface area contributed by atoms with E-state index < -0.39 is 0 Å². The highest BCUT2D eigenvalue weighted by Crippen LogP contribution is 2.24. The fraction of sp³-hybridized carbons (Fsp3) is 0.556. The topological polar surface area (TPSA) is 85.0 Å². The van der Waals surface area contributed by atoms with Crippen LogP contribution in [0.3, 0.4) is 0 Å². The van der Waals surface area contributed by atoms with E-state index in [9.17, 15) is 9.59 Å². The Hall–Kier alpha value is -2.64. The highest BCUT2D eigenvalue weighted by molar-refractivity contribution is 6.04. The fourth-order valence-corrected chi connectivity index (χ4v) is 3.88. The molecule has 0 spiro atoms. The number of rotatable bonds is 4. The van der Waals surface area contributed by atoms with Gasteiger partial charge in [-0.25, -0.2) is 0 Å². The lowest BCUT2D eigenvalue weighted by Gasteiger charge is -2.14. The molecular formula is C18H24N6O2. The molecule has 1 saturated heterocycles. The summed E-state index contributed by atoms with van der Waals surface area (Å²) in [5, 5.41) is 11.6. The molecule has 138 valence electrons. The minimum Gasteiger partial charge on any atom is -0.341 e. The van der Waals surface area contributed by atoms with E-state index in [2.05, 4.69) is 15.5 Å². The van der Waals surface area contributed by atoms with Gasteiger partial charge in [0, 0.05) is 31.9 Å². The molecule has 2 aliphatic rings. The number of carbonyl (C=O) groups is 2. The number of aromatic nitrogens is 4. The van der Waals surface area contributed by atoms with Crippen LogP contribution in [0, 0.1) is 0 Å². The number of nitrogens with one attached hydrogen (secondary N) is 1. The predicted octanol–water partition coefficient (Wildman–Crippen LogP) is 1.37. The van der Waals surface area contributed by atoms with E-state index in [0.717, 1.165) is 62.9 Å². The zero-order valence-electron chi connectivity index (χ0n) is 15.1. The van der Waals surface area contributed by atoms with Crippen molar-refractivity contribution in [2.45, 2.75) is 45.1 Å². The number of fused-ring (bicyclic) bond motifs is 1. The summed E-state index contributed by atoms with van der Waals surface area (Å²) in [7, 11) is 1.81. The summed E-state index contributed by atoms with van der Waals surface area (Å²) in [6.45, 7) is 1.86. The van der Waals surface area contributed by atoms with Gasteiger partial charge in [-0.15, -0.1) is 0 Å². The van der Waals surface area contributed by atoms with Gasteiger partial charge in [-0.3, -0.25) is 19.0 Å². The van der Waals surface area contributed by atoms with Crippen LogP contribution < -0.4 is 5.32 Å². The van der Waals surface area contributed by atoms with Crippen molar-refractivity contribution in [3.8, 4) is 0 Å². The van der Waals surface area contributed by atoms with Gasteiger partial charge in [0.05, 0.1) is 17.6 Å². The molecule has 1 fully saturated rings. The molecule has 0 atom stereocenters. The first kappa shape index (κ1) is 16.8. The molecule has 0 unspecified atom stereocenters. The van der Waals surface area contributed by atoms with Crippen LogP contribution in [0.5, 0.6) is 0 Å². The van der Waals surface area contributed by atoms with E-state index in [-0.39, 0.29) is 18.4 Å². The van der Waals surface area contributed by atoms with E-state index in [1.165, 1.54) is 0 Å². The summed E-state index contributed by atoms with van der Waals surface area (Å²) >= 11 is 0. The second-order valence-electron chi connectivity index (χ2n) is 7.07. The molecule has 1 aliphatic heterocycles. The van der Waals surface area contributed by atoms with Crippen LogP contribution in [-0.2, 0) is 31.2 Å². The number of amides is 2. The zero-order valence-corrected chi connectivity index (χ0v) is 15.1. The SMILES string of the molecule is Cn1nc2c(c1C(=O)Nc1cnn(CC(=O)N3CCCC3)c1)CCCC2. The summed E-state index contributed by atoms with van der Waals surface area (Å²) in [4.78, 5) is 26.8. The number of carbonyl (C=O) groups excluding carboxylic acids is 2. The van der Waals surface area contributed by atoms with Crippen LogP contribution in [0.1, 0.15) is 47.4 Å². The fourth-order valence-electron chi connectivity index (χ4n) is 3.88. The molecular weight excluding hydrogens is 332 g/mol. The maximum Gasteiger partial charge on any atom is 0.274 e. The smallest absolute Gasteiger partial charge is 0.274 e. The Morgan fingerprint density at radius 2 is 1.92 bits per heavy atom. The monoisotopic (exact) mass is 356 g/mol.